The molecule has 0 saturated heterocycles. The standard InChI is InChI=1S/C9H8ClN5O3S/c1-2-14-8(16)12-13-9(14)19-7-4-5(15(17)18)3-6(10)11-7/h3-4H,2H2,1H3,(H,12,16). The molecule has 2 aromatic rings. The van der Waals surface area contributed by atoms with Crippen LogP contribution in [0.4, 0.5) is 5.69 Å². The summed E-state index contributed by atoms with van der Waals surface area (Å²) in [6.07, 6.45) is 0. The molecule has 0 bridgehead atoms. The van der Waals surface area contributed by atoms with Crippen molar-refractivity contribution in [2.24, 2.45) is 0 Å². The van der Waals surface area contributed by atoms with Crippen LogP contribution in [0.1, 0.15) is 6.92 Å². The summed E-state index contributed by atoms with van der Waals surface area (Å²) in [6.45, 7) is 2.22. The minimum Gasteiger partial charge on any atom is -0.270 e. The minimum atomic E-state index is -0.560. The molecule has 2 rings (SSSR count). The van der Waals surface area contributed by atoms with E-state index in [-0.39, 0.29) is 16.5 Å². The molecular weight excluding hydrogens is 294 g/mol. The van der Waals surface area contributed by atoms with Crippen molar-refractivity contribution in [3.05, 3.63) is 37.9 Å². The van der Waals surface area contributed by atoms with E-state index in [0.29, 0.717) is 16.7 Å². The van der Waals surface area contributed by atoms with Crippen molar-refractivity contribution in [3.63, 3.8) is 0 Å². The quantitative estimate of drug-likeness (QED) is 0.523. The summed E-state index contributed by atoms with van der Waals surface area (Å²) in [5.41, 5.74) is -0.509. The second kappa shape index (κ2) is 5.41. The Hall–Kier alpha value is -1.87. The number of nitro groups is 1. The Morgan fingerprint density at radius 3 is 2.95 bits per heavy atom. The molecule has 8 nitrogen and oxygen atoms in total. The molecular formula is C9H8ClN5O3S. The average molecular weight is 302 g/mol. The van der Waals surface area contributed by atoms with Crippen molar-refractivity contribution in [1.29, 1.82) is 0 Å². The summed E-state index contributed by atoms with van der Waals surface area (Å²) in [5, 5.41) is 17.5. The fourth-order valence-corrected chi connectivity index (χ4v) is 2.55. The molecule has 1 N–H and O–H groups in total. The van der Waals surface area contributed by atoms with Crippen LogP contribution in [0.25, 0.3) is 0 Å². The molecule has 2 heterocycles. The van der Waals surface area contributed by atoms with Gasteiger partial charge in [0.05, 0.1) is 11.0 Å². The number of H-pyrrole nitrogens is 1. The molecule has 0 aliphatic heterocycles. The molecule has 0 aliphatic rings. The van der Waals surface area contributed by atoms with Crippen LogP contribution in [0, 0.1) is 10.1 Å². The van der Waals surface area contributed by atoms with E-state index in [4.69, 9.17) is 11.6 Å². The fraction of sp³-hybridized carbons (Fsp3) is 0.222. The van der Waals surface area contributed by atoms with E-state index in [1.54, 1.807) is 6.92 Å². The summed E-state index contributed by atoms with van der Waals surface area (Å²) >= 11 is 6.74. The smallest absolute Gasteiger partial charge is 0.270 e. The first-order valence-electron chi connectivity index (χ1n) is 5.16. The lowest BCUT2D eigenvalue weighted by Crippen LogP contribution is -2.16. The molecule has 0 spiro atoms. The number of hydrogen-bond acceptors (Lipinski definition) is 6. The van der Waals surface area contributed by atoms with Gasteiger partial charge in [0.1, 0.15) is 10.2 Å². The Balaban J connectivity index is 2.38. The number of hydrogen-bond donors (Lipinski definition) is 1. The second-order valence-corrected chi connectivity index (χ2v) is 4.78. The van der Waals surface area contributed by atoms with E-state index in [0.717, 1.165) is 17.8 Å². The van der Waals surface area contributed by atoms with E-state index in [1.807, 2.05) is 0 Å². The van der Waals surface area contributed by atoms with E-state index in [2.05, 4.69) is 15.2 Å². The van der Waals surface area contributed by atoms with Crippen LogP contribution in [0.2, 0.25) is 5.15 Å². The zero-order chi connectivity index (χ0) is 14.0. The second-order valence-electron chi connectivity index (χ2n) is 3.40. The van der Waals surface area contributed by atoms with Gasteiger partial charge in [0.15, 0.2) is 5.16 Å². The molecule has 0 saturated carbocycles. The molecule has 100 valence electrons. The van der Waals surface area contributed by atoms with E-state index >= 15 is 0 Å². The monoisotopic (exact) mass is 301 g/mol. The zero-order valence-corrected chi connectivity index (χ0v) is 11.2. The SMILES string of the molecule is CCn1c(Sc2cc([N+](=O)[O-])cc(Cl)n2)n[nH]c1=O. The predicted octanol–water partition coefficient (Wildman–Crippen LogP) is 1.70. The maximum atomic E-state index is 11.4. The van der Waals surface area contributed by atoms with Gasteiger partial charge in [0.2, 0.25) is 0 Å². The van der Waals surface area contributed by atoms with Crippen LogP contribution in [0.15, 0.2) is 27.1 Å². The van der Waals surface area contributed by atoms with Crippen LogP contribution in [-0.4, -0.2) is 24.7 Å². The third-order valence-corrected chi connectivity index (χ3v) is 3.31. The van der Waals surface area contributed by atoms with Gasteiger partial charge in [-0.05, 0) is 18.7 Å². The summed E-state index contributed by atoms with van der Waals surface area (Å²) < 4.78 is 1.39. The molecule has 19 heavy (non-hydrogen) atoms. The lowest BCUT2D eigenvalue weighted by molar-refractivity contribution is -0.385. The highest BCUT2D eigenvalue weighted by atomic mass is 35.5. The van der Waals surface area contributed by atoms with E-state index in [9.17, 15) is 14.9 Å². The summed E-state index contributed by atoms with van der Waals surface area (Å²) in [5.74, 6) is 0. The third kappa shape index (κ3) is 2.93. The van der Waals surface area contributed by atoms with Crippen molar-refractivity contribution in [2.75, 3.05) is 0 Å². The minimum absolute atomic E-state index is 0.0117. The highest BCUT2D eigenvalue weighted by Gasteiger charge is 2.14. The van der Waals surface area contributed by atoms with Crippen LogP contribution in [-0.2, 0) is 6.54 Å². The maximum absolute atomic E-state index is 11.4. The fourth-order valence-electron chi connectivity index (χ4n) is 1.37. The number of nitrogens with one attached hydrogen (secondary N) is 1. The maximum Gasteiger partial charge on any atom is 0.343 e. The summed E-state index contributed by atoms with van der Waals surface area (Å²) in [7, 11) is 0. The van der Waals surface area contributed by atoms with Crippen LogP contribution >= 0.6 is 23.4 Å². The molecule has 0 fully saturated rings. The summed E-state index contributed by atoms with van der Waals surface area (Å²) in [4.78, 5) is 25.5. The van der Waals surface area contributed by atoms with Crippen molar-refractivity contribution in [1.82, 2.24) is 19.7 Å². The normalized spacial score (nSPS) is 10.6. The third-order valence-electron chi connectivity index (χ3n) is 2.20. The largest absolute Gasteiger partial charge is 0.343 e. The number of nitrogens with zero attached hydrogens (tertiary/aromatic N) is 4. The van der Waals surface area contributed by atoms with Gasteiger partial charge in [-0.15, -0.1) is 5.10 Å². The van der Waals surface area contributed by atoms with Gasteiger partial charge in [0, 0.05) is 12.6 Å². The molecule has 0 atom stereocenters. The van der Waals surface area contributed by atoms with Crippen LogP contribution in [0.5, 0.6) is 0 Å². The summed E-state index contributed by atoms with van der Waals surface area (Å²) in [6, 6.07) is 2.43. The Labute approximate surface area is 116 Å². The number of aromatic nitrogens is 4. The Morgan fingerprint density at radius 2 is 2.32 bits per heavy atom. The number of aromatic amines is 1. The van der Waals surface area contributed by atoms with Crippen molar-refractivity contribution in [2.45, 2.75) is 23.7 Å². The predicted molar refractivity (Wildman–Crippen MR) is 68.5 cm³/mol. The first kappa shape index (κ1) is 13.6. The lowest BCUT2D eigenvalue weighted by Gasteiger charge is -2.02. The highest BCUT2D eigenvalue weighted by molar-refractivity contribution is 7.99. The topological polar surface area (TPSA) is 107 Å². The lowest BCUT2D eigenvalue weighted by atomic mass is 10.4. The first-order chi connectivity index (χ1) is 9.01. The van der Waals surface area contributed by atoms with E-state index < -0.39 is 4.92 Å². The van der Waals surface area contributed by atoms with Gasteiger partial charge < -0.3 is 0 Å². The highest BCUT2D eigenvalue weighted by Crippen LogP contribution is 2.28. The average Bonchev–Trinajstić information content (AvgIpc) is 2.69. The molecule has 0 amide bonds. The molecule has 2 aromatic heterocycles. The van der Waals surface area contributed by atoms with Gasteiger partial charge in [-0.1, -0.05) is 11.6 Å². The van der Waals surface area contributed by atoms with Crippen molar-refractivity contribution in [3.8, 4) is 0 Å². The Kier molecular flexibility index (Phi) is 3.86. The first-order valence-corrected chi connectivity index (χ1v) is 6.35. The van der Waals surface area contributed by atoms with Gasteiger partial charge >= 0.3 is 5.69 Å². The Morgan fingerprint density at radius 1 is 1.58 bits per heavy atom. The van der Waals surface area contributed by atoms with Crippen LogP contribution in [0.3, 0.4) is 0 Å². The molecule has 0 aliphatic carbocycles. The number of halogens is 1. The van der Waals surface area contributed by atoms with Crippen molar-refractivity contribution >= 4 is 29.1 Å². The number of pyridine rings is 1. The van der Waals surface area contributed by atoms with Gasteiger partial charge in [-0.3, -0.25) is 14.7 Å². The van der Waals surface area contributed by atoms with Gasteiger partial charge in [0.25, 0.3) is 5.69 Å². The zero-order valence-electron chi connectivity index (χ0n) is 9.66. The molecule has 0 radical (unpaired) electrons. The molecule has 10 heteroatoms. The van der Waals surface area contributed by atoms with Crippen molar-refractivity contribution < 1.29 is 4.92 Å². The van der Waals surface area contributed by atoms with Crippen LogP contribution < -0.4 is 5.69 Å². The molecule has 0 unspecified atom stereocenters. The molecule has 0 aromatic carbocycles. The van der Waals surface area contributed by atoms with E-state index in [1.165, 1.54) is 10.6 Å². The Bertz CT molecular complexity index is 683. The number of rotatable bonds is 4. The van der Waals surface area contributed by atoms with Gasteiger partial charge in [-0.2, -0.15) is 0 Å². The van der Waals surface area contributed by atoms with Gasteiger partial charge in [-0.25, -0.2) is 14.9 Å².